The molecule has 0 saturated heterocycles. The minimum absolute atomic E-state index is 0.122. The zero-order valence-electron chi connectivity index (χ0n) is 13.2. The van der Waals surface area contributed by atoms with Crippen LogP contribution in [-0.4, -0.2) is 23.8 Å². The molecule has 0 aliphatic heterocycles. The number of benzene rings is 2. The van der Waals surface area contributed by atoms with Crippen LogP contribution in [0.15, 0.2) is 48.5 Å². The first kappa shape index (κ1) is 19.0. The fraction of sp³-hybridized carbons (Fsp3) is 0.188. The summed E-state index contributed by atoms with van der Waals surface area (Å²) < 4.78 is 46.0. The molecule has 0 saturated carbocycles. The lowest BCUT2D eigenvalue weighted by Crippen LogP contribution is -2.29. The van der Waals surface area contributed by atoms with Gasteiger partial charge in [0.15, 0.2) is 6.61 Å². The van der Waals surface area contributed by atoms with E-state index < -0.39 is 29.5 Å². The molecule has 2 aromatic carbocycles. The summed E-state index contributed by atoms with van der Waals surface area (Å²) in [5.41, 5.74) is 0.0246. The number of nitrogens with one attached hydrogen (secondary N) is 1. The standard InChI is InChI=1S/C16H13F3N2O5/c17-16(18,19)26-14-4-2-1-3-11(14)9-20-15(22)10-25-13-7-5-12(6-8-13)21(23)24/h1-8H,9-10H2,(H,20,22). The maximum Gasteiger partial charge on any atom is 0.573 e. The average Bonchev–Trinajstić information content (AvgIpc) is 2.58. The quantitative estimate of drug-likeness (QED) is 0.597. The van der Waals surface area contributed by atoms with Gasteiger partial charge in [-0.15, -0.1) is 13.2 Å². The van der Waals surface area contributed by atoms with Gasteiger partial charge in [-0.25, -0.2) is 0 Å². The molecule has 0 heterocycles. The molecule has 7 nitrogen and oxygen atoms in total. The number of nitrogens with zero attached hydrogens (tertiary/aromatic N) is 1. The third kappa shape index (κ3) is 5.96. The highest BCUT2D eigenvalue weighted by atomic mass is 19.4. The molecule has 2 rings (SSSR count). The third-order valence-corrected chi connectivity index (χ3v) is 3.09. The average molecular weight is 370 g/mol. The summed E-state index contributed by atoms with van der Waals surface area (Å²) >= 11 is 0. The summed E-state index contributed by atoms with van der Waals surface area (Å²) in [6.07, 6.45) is -4.83. The second-order valence-electron chi connectivity index (χ2n) is 4.97. The lowest BCUT2D eigenvalue weighted by atomic mass is 10.2. The van der Waals surface area contributed by atoms with Crippen LogP contribution >= 0.6 is 0 Å². The summed E-state index contributed by atoms with van der Waals surface area (Å²) in [5, 5.41) is 12.9. The first-order valence-electron chi connectivity index (χ1n) is 7.22. The fourth-order valence-electron chi connectivity index (χ4n) is 1.93. The number of hydrogen-bond donors (Lipinski definition) is 1. The Hall–Kier alpha value is -3.30. The van der Waals surface area contributed by atoms with Crippen molar-refractivity contribution in [1.82, 2.24) is 5.32 Å². The van der Waals surface area contributed by atoms with E-state index in [4.69, 9.17) is 4.74 Å². The van der Waals surface area contributed by atoms with Gasteiger partial charge in [0.1, 0.15) is 11.5 Å². The molecule has 0 aliphatic rings. The predicted molar refractivity (Wildman–Crippen MR) is 83.6 cm³/mol. The Morgan fingerprint density at radius 1 is 1.12 bits per heavy atom. The molecule has 0 spiro atoms. The SMILES string of the molecule is O=C(COc1ccc([N+](=O)[O-])cc1)NCc1ccccc1OC(F)(F)F. The van der Waals surface area contributed by atoms with Crippen LogP contribution < -0.4 is 14.8 Å². The number of hydrogen-bond acceptors (Lipinski definition) is 5. The van der Waals surface area contributed by atoms with Gasteiger partial charge in [-0.05, 0) is 18.2 Å². The molecule has 138 valence electrons. The van der Waals surface area contributed by atoms with Crippen molar-refractivity contribution in [3.63, 3.8) is 0 Å². The van der Waals surface area contributed by atoms with E-state index in [1.807, 2.05) is 0 Å². The molecular formula is C16H13F3N2O5. The largest absolute Gasteiger partial charge is 0.573 e. The molecule has 1 amide bonds. The van der Waals surface area contributed by atoms with Gasteiger partial charge in [0.05, 0.1) is 4.92 Å². The van der Waals surface area contributed by atoms with Crippen LogP contribution in [0.4, 0.5) is 18.9 Å². The zero-order valence-corrected chi connectivity index (χ0v) is 13.2. The summed E-state index contributed by atoms with van der Waals surface area (Å²) in [5.74, 6) is -0.742. The lowest BCUT2D eigenvalue weighted by molar-refractivity contribution is -0.384. The first-order valence-corrected chi connectivity index (χ1v) is 7.22. The minimum atomic E-state index is -4.83. The monoisotopic (exact) mass is 370 g/mol. The van der Waals surface area contributed by atoms with E-state index in [2.05, 4.69) is 10.1 Å². The lowest BCUT2D eigenvalue weighted by Gasteiger charge is -2.13. The van der Waals surface area contributed by atoms with Crippen molar-refractivity contribution in [2.24, 2.45) is 0 Å². The smallest absolute Gasteiger partial charge is 0.484 e. The highest BCUT2D eigenvalue weighted by Crippen LogP contribution is 2.26. The van der Waals surface area contributed by atoms with E-state index in [1.54, 1.807) is 0 Å². The molecule has 0 atom stereocenters. The molecule has 1 N–H and O–H groups in total. The number of alkyl halides is 3. The van der Waals surface area contributed by atoms with E-state index in [0.717, 1.165) is 6.07 Å². The number of nitro groups is 1. The Morgan fingerprint density at radius 3 is 2.38 bits per heavy atom. The Bertz CT molecular complexity index is 778. The Kier molecular flexibility index (Phi) is 5.99. The van der Waals surface area contributed by atoms with E-state index in [9.17, 15) is 28.1 Å². The summed E-state index contributed by atoms with van der Waals surface area (Å²) in [7, 11) is 0. The zero-order chi connectivity index (χ0) is 19.2. The van der Waals surface area contributed by atoms with Crippen molar-refractivity contribution in [2.45, 2.75) is 12.9 Å². The Balaban J connectivity index is 1.86. The van der Waals surface area contributed by atoms with Crippen molar-refractivity contribution < 1.29 is 32.4 Å². The second-order valence-corrected chi connectivity index (χ2v) is 4.97. The van der Waals surface area contributed by atoms with Gasteiger partial charge in [0, 0.05) is 24.2 Å². The first-order chi connectivity index (χ1) is 12.2. The fourth-order valence-corrected chi connectivity index (χ4v) is 1.93. The second kappa shape index (κ2) is 8.19. The molecule has 0 bridgehead atoms. The van der Waals surface area contributed by atoms with Crippen molar-refractivity contribution in [3.05, 3.63) is 64.2 Å². The van der Waals surface area contributed by atoms with Gasteiger partial charge in [0.25, 0.3) is 11.6 Å². The molecule has 0 aromatic heterocycles. The highest BCUT2D eigenvalue weighted by Gasteiger charge is 2.31. The number of halogens is 3. The van der Waals surface area contributed by atoms with Crippen LogP contribution in [-0.2, 0) is 11.3 Å². The predicted octanol–water partition coefficient (Wildman–Crippen LogP) is 3.19. The third-order valence-electron chi connectivity index (χ3n) is 3.09. The van der Waals surface area contributed by atoms with Crippen LogP contribution in [0.5, 0.6) is 11.5 Å². The normalized spacial score (nSPS) is 10.9. The summed E-state index contributed by atoms with van der Waals surface area (Å²) in [6.45, 7) is -0.588. The van der Waals surface area contributed by atoms with E-state index in [1.165, 1.54) is 42.5 Å². The van der Waals surface area contributed by atoms with Crippen molar-refractivity contribution >= 4 is 11.6 Å². The topological polar surface area (TPSA) is 90.7 Å². The van der Waals surface area contributed by atoms with Gasteiger partial charge >= 0.3 is 6.36 Å². The van der Waals surface area contributed by atoms with Gasteiger partial charge in [0.2, 0.25) is 0 Å². The molecule has 26 heavy (non-hydrogen) atoms. The van der Waals surface area contributed by atoms with Crippen LogP contribution in [0.2, 0.25) is 0 Å². The number of rotatable bonds is 7. The van der Waals surface area contributed by atoms with Gasteiger partial charge in [-0.1, -0.05) is 18.2 Å². The van der Waals surface area contributed by atoms with Crippen LogP contribution in [0.3, 0.4) is 0 Å². The number of carbonyl (C=O) groups excluding carboxylic acids is 1. The van der Waals surface area contributed by atoms with E-state index in [-0.39, 0.29) is 23.5 Å². The number of ether oxygens (including phenoxy) is 2. The number of carbonyl (C=O) groups is 1. The molecule has 2 aromatic rings. The van der Waals surface area contributed by atoms with Gasteiger partial charge in [-0.3, -0.25) is 14.9 Å². The van der Waals surface area contributed by atoms with Crippen LogP contribution in [0.1, 0.15) is 5.56 Å². The molecular weight excluding hydrogens is 357 g/mol. The van der Waals surface area contributed by atoms with E-state index >= 15 is 0 Å². The number of non-ortho nitro benzene ring substituents is 1. The Labute approximate surface area is 145 Å². The van der Waals surface area contributed by atoms with Gasteiger partial charge < -0.3 is 14.8 Å². The number of nitro benzene ring substituents is 1. The van der Waals surface area contributed by atoms with Crippen LogP contribution in [0, 0.1) is 10.1 Å². The Morgan fingerprint density at radius 2 is 1.77 bits per heavy atom. The van der Waals surface area contributed by atoms with Crippen molar-refractivity contribution in [3.8, 4) is 11.5 Å². The number of para-hydroxylation sites is 1. The van der Waals surface area contributed by atoms with E-state index in [0.29, 0.717) is 0 Å². The minimum Gasteiger partial charge on any atom is -0.484 e. The molecule has 10 heteroatoms. The molecule has 0 unspecified atom stereocenters. The summed E-state index contributed by atoms with van der Waals surface area (Å²) in [4.78, 5) is 21.7. The van der Waals surface area contributed by atoms with Crippen molar-refractivity contribution in [2.75, 3.05) is 6.61 Å². The van der Waals surface area contributed by atoms with Crippen molar-refractivity contribution in [1.29, 1.82) is 0 Å². The molecule has 0 aliphatic carbocycles. The highest BCUT2D eigenvalue weighted by molar-refractivity contribution is 5.77. The molecule has 0 fully saturated rings. The van der Waals surface area contributed by atoms with Crippen LogP contribution in [0.25, 0.3) is 0 Å². The summed E-state index contributed by atoms with van der Waals surface area (Å²) in [6, 6.07) is 10.5. The van der Waals surface area contributed by atoms with Gasteiger partial charge in [-0.2, -0.15) is 0 Å². The maximum atomic E-state index is 12.3. The maximum absolute atomic E-state index is 12.3. The molecule has 0 radical (unpaired) electrons. The number of amides is 1.